The lowest BCUT2D eigenvalue weighted by Crippen LogP contribution is -2.13. The van der Waals surface area contributed by atoms with Gasteiger partial charge in [-0.15, -0.1) is 4.91 Å². The number of carbonyl (C=O) groups excluding carboxylic acids is 1. The van der Waals surface area contributed by atoms with Crippen LogP contribution in [0.25, 0.3) is 6.08 Å². The summed E-state index contributed by atoms with van der Waals surface area (Å²) in [6, 6.07) is 10.3. The number of anilines is 1. The first-order chi connectivity index (χ1) is 11.4. The minimum atomic E-state index is -0.701. The second kappa shape index (κ2) is 7.26. The molecular formula is C16H10ClN3O4. The van der Waals surface area contributed by atoms with Crippen LogP contribution in [0.3, 0.4) is 0 Å². The third kappa shape index (κ3) is 3.88. The molecule has 0 spiro atoms. The standard InChI is InChI=1S/C16H10ClN3O4/c17-11-2-1-3-12(7-11)19-16(23)10(8-18)4-9-5-13(20-24)15(22)14(21)6-9/h1-7,21-22H,(H,19,23)/b10-4+. The van der Waals surface area contributed by atoms with Gasteiger partial charge >= 0.3 is 0 Å². The number of nitroso groups, excluding NO2 is 1. The van der Waals surface area contributed by atoms with Gasteiger partial charge < -0.3 is 15.5 Å². The van der Waals surface area contributed by atoms with Crippen LogP contribution in [0.1, 0.15) is 5.56 Å². The zero-order valence-electron chi connectivity index (χ0n) is 12.0. The summed E-state index contributed by atoms with van der Waals surface area (Å²) in [5.41, 5.74) is -0.138. The summed E-state index contributed by atoms with van der Waals surface area (Å²) in [6.45, 7) is 0. The number of halogens is 1. The molecule has 2 rings (SSSR count). The number of phenols is 2. The lowest BCUT2D eigenvalue weighted by Gasteiger charge is -2.05. The van der Waals surface area contributed by atoms with E-state index in [2.05, 4.69) is 10.5 Å². The third-order valence-corrected chi connectivity index (χ3v) is 3.18. The SMILES string of the molecule is N#C/C(=C\c1cc(O)c(O)c(N=O)c1)C(=O)Nc1cccc(Cl)c1. The second-order valence-electron chi connectivity index (χ2n) is 4.63. The Hall–Kier alpha value is -3.37. The lowest BCUT2D eigenvalue weighted by molar-refractivity contribution is -0.112. The first kappa shape index (κ1) is 17.0. The first-order valence-electron chi connectivity index (χ1n) is 6.52. The fourth-order valence-electron chi connectivity index (χ4n) is 1.86. The zero-order valence-corrected chi connectivity index (χ0v) is 12.8. The van der Waals surface area contributed by atoms with Crippen LogP contribution in [0.2, 0.25) is 5.02 Å². The molecule has 120 valence electrons. The molecule has 0 atom stereocenters. The van der Waals surface area contributed by atoms with E-state index in [9.17, 15) is 19.9 Å². The summed E-state index contributed by atoms with van der Waals surface area (Å²) >= 11 is 5.81. The van der Waals surface area contributed by atoms with Crippen LogP contribution in [0.15, 0.2) is 47.1 Å². The minimum Gasteiger partial charge on any atom is -0.504 e. The largest absolute Gasteiger partial charge is 0.504 e. The van der Waals surface area contributed by atoms with Gasteiger partial charge in [0.25, 0.3) is 5.91 Å². The van der Waals surface area contributed by atoms with Crippen LogP contribution in [-0.2, 0) is 4.79 Å². The molecule has 0 saturated carbocycles. The average Bonchev–Trinajstić information content (AvgIpc) is 2.55. The van der Waals surface area contributed by atoms with Crippen molar-refractivity contribution in [1.82, 2.24) is 0 Å². The molecule has 0 unspecified atom stereocenters. The van der Waals surface area contributed by atoms with Gasteiger partial charge in [-0.3, -0.25) is 4.79 Å². The normalized spacial score (nSPS) is 10.8. The van der Waals surface area contributed by atoms with Gasteiger partial charge in [0.1, 0.15) is 11.6 Å². The number of amides is 1. The lowest BCUT2D eigenvalue weighted by atomic mass is 10.1. The molecule has 0 aliphatic heterocycles. The summed E-state index contributed by atoms with van der Waals surface area (Å²) in [5.74, 6) is -1.97. The Balaban J connectivity index is 2.32. The van der Waals surface area contributed by atoms with E-state index in [1.807, 2.05) is 0 Å². The van der Waals surface area contributed by atoms with E-state index in [1.165, 1.54) is 6.07 Å². The smallest absolute Gasteiger partial charge is 0.266 e. The van der Waals surface area contributed by atoms with Gasteiger partial charge in [0.05, 0.1) is 0 Å². The molecule has 7 nitrogen and oxygen atoms in total. The Morgan fingerprint density at radius 2 is 2.04 bits per heavy atom. The number of hydrogen-bond acceptors (Lipinski definition) is 6. The maximum Gasteiger partial charge on any atom is 0.266 e. The molecule has 3 N–H and O–H groups in total. The van der Waals surface area contributed by atoms with E-state index in [1.54, 1.807) is 24.3 Å². The number of benzene rings is 2. The fourth-order valence-corrected chi connectivity index (χ4v) is 2.05. The number of nitriles is 1. The highest BCUT2D eigenvalue weighted by Crippen LogP contribution is 2.37. The summed E-state index contributed by atoms with van der Waals surface area (Å²) in [7, 11) is 0. The molecule has 2 aromatic carbocycles. The molecule has 0 aliphatic rings. The minimum absolute atomic E-state index is 0.151. The van der Waals surface area contributed by atoms with Crippen molar-refractivity contribution >= 4 is 35.0 Å². The predicted octanol–water partition coefficient (Wildman–Crippen LogP) is 3.69. The van der Waals surface area contributed by atoms with Crippen molar-refractivity contribution in [2.75, 3.05) is 5.32 Å². The maximum atomic E-state index is 12.1. The molecule has 2 aromatic rings. The number of rotatable bonds is 4. The highest BCUT2D eigenvalue weighted by Gasteiger charge is 2.13. The fraction of sp³-hybridized carbons (Fsp3) is 0. The molecule has 1 amide bonds. The van der Waals surface area contributed by atoms with Gasteiger partial charge in [0.2, 0.25) is 0 Å². The first-order valence-corrected chi connectivity index (χ1v) is 6.90. The molecule has 24 heavy (non-hydrogen) atoms. The van der Waals surface area contributed by atoms with Crippen LogP contribution >= 0.6 is 11.6 Å². The summed E-state index contributed by atoms with van der Waals surface area (Å²) in [6.07, 6.45) is 1.15. The van der Waals surface area contributed by atoms with Crippen molar-refractivity contribution in [3.05, 3.63) is 57.5 Å². The van der Waals surface area contributed by atoms with E-state index in [4.69, 9.17) is 16.9 Å². The number of aromatic hydroxyl groups is 2. The van der Waals surface area contributed by atoms with Crippen LogP contribution in [0.5, 0.6) is 11.5 Å². The van der Waals surface area contributed by atoms with Gasteiger partial charge in [-0.1, -0.05) is 17.7 Å². The van der Waals surface area contributed by atoms with Gasteiger partial charge in [-0.05, 0) is 47.1 Å². The Morgan fingerprint density at radius 1 is 1.29 bits per heavy atom. The third-order valence-electron chi connectivity index (χ3n) is 2.95. The van der Waals surface area contributed by atoms with Crippen LogP contribution in [0.4, 0.5) is 11.4 Å². The Morgan fingerprint density at radius 3 is 2.67 bits per heavy atom. The average molecular weight is 344 g/mol. The van der Waals surface area contributed by atoms with Crippen LogP contribution < -0.4 is 5.32 Å². The number of hydrogen-bond donors (Lipinski definition) is 3. The van der Waals surface area contributed by atoms with E-state index >= 15 is 0 Å². The maximum absolute atomic E-state index is 12.1. The van der Waals surface area contributed by atoms with Gasteiger partial charge in [0, 0.05) is 10.7 Å². The van der Waals surface area contributed by atoms with E-state index < -0.39 is 23.1 Å². The van der Waals surface area contributed by atoms with E-state index in [0.717, 1.165) is 18.2 Å². The molecule has 0 radical (unpaired) electrons. The highest BCUT2D eigenvalue weighted by molar-refractivity contribution is 6.31. The molecular weight excluding hydrogens is 334 g/mol. The predicted molar refractivity (Wildman–Crippen MR) is 88.9 cm³/mol. The van der Waals surface area contributed by atoms with Crippen molar-refractivity contribution in [2.45, 2.75) is 0 Å². The Labute approximate surface area is 141 Å². The monoisotopic (exact) mass is 343 g/mol. The molecule has 0 heterocycles. The van der Waals surface area contributed by atoms with Crippen LogP contribution in [-0.4, -0.2) is 16.1 Å². The topological polar surface area (TPSA) is 123 Å². The van der Waals surface area contributed by atoms with Crippen molar-refractivity contribution in [2.24, 2.45) is 5.18 Å². The van der Waals surface area contributed by atoms with Gasteiger partial charge in [0.15, 0.2) is 17.2 Å². The zero-order chi connectivity index (χ0) is 17.7. The van der Waals surface area contributed by atoms with Gasteiger partial charge in [-0.2, -0.15) is 5.26 Å². The molecule has 0 bridgehead atoms. The summed E-state index contributed by atoms with van der Waals surface area (Å²) < 4.78 is 0. The number of carbonyl (C=O) groups is 1. The number of nitrogens with zero attached hydrogens (tertiary/aromatic N) is 2. The Bertz CT molecular complexity index is 887. The highest BCUT2D eigenvalue weighted by atomic mass is 35.5. The molecule has 0 aliphatic carbocycles. The molecule has 0 saturated heterocycles. The molecule has 0 aromatic heterocycles. The molecule has 0 fully saturated rings. The van der Waals surface area contributed by atoms with Crippen molar-refractivity contribution in [3.63, 3.8) is 0 Å². The second-order valence-corrected chi connectivity index (χ2v) is 5.07. The van der Waals surface area contributed by atoms with Crippen LogP contribution in [0, 0.1) is 16.2 Å². The van der Waals surface area contributed by atoms with Crippen molar-refractivity contribution < 1.29 is 15.0 Å². The summed E-state index contributed by atoms with van der Waals surface area (Å²) in [4.78, 5) is 22.7. The number of nitrogens with one attached hydrogen (secondary N) is 1. The van der Waals surface area contributed by atoms with E-state index in [0.29, 0.717) is 10.7 Å². The number of phenolic OH excluding ortho intramolecular Hbond substituents is 2. The molecule has 8 heteroatoms. The summed E-state index contributed by atoms with van der Waals surface area (Å²) in [5, 5.41) is 33.6. The van der Waals surface area contributed by atoms with Crippen molar-refractivity contribution in [3.8, 4) is 17.6 Å². The van der Waals surface area contributed by atoms with E-state index in [-0.39, 0.29) is 11.1 Å². The Kier molecular flexibility index (Phi) is 5.14. The van der Waals surface area contributed by atoms with Gasteiger partial charge in [-0.25, -0.2) is 0 Å². The quantitative estimate of drug-likeness (QED) is 0.338. The van der Waals surface area contributed by atoms with Crippen molar-refractivity contribution in [1.29, 1.82) is 5.26 Å².